The van der Waals surface area contributed by atoms with Gasteiger partial charge in [0.1, 0.15) is 0 Å². The van der Waals surface area contributed by atoms with Crippen molar-refractivity contribution in [3.8, 4) is 0 Å². The summed E-state index contributed by atoms with van der Waals surface area (Å²) in [5.74, 6) is 0. The molecular formula is C13H18N4OS. The van der Waals surface area contributed by atoms with Crippen LogP contribution in [0.1, 0.15) is 22.7 Å². The summed E-state index contributed by atoms with van der Waals surface area (Å²) < 4.78 is 7.56. The van der Waals surface area contributed by atoms with Gasteiger partial charge >= 0.3 is 0 Å². The molecule has 2 aromatic heterocycles. The highest BCUT2D eigenvalue weighted by Crippen LogP contribution is 2.16. The van der Waals surface area contributed by atoms with Crippen LogP contribution >= 0.6 is 11.3 Å². The Balaban J connectivity index is 1.52. The second-order valence-electron chi connectivity index (χ2n) is 4.79. The zero-order valence-corrected chi connectivity index (χ0v) is 11.8. The van der Waals surface area contributed by atoms with Crippen molar-refractivity contribution in [2.45, 2.75) is 39.0 Å². The Morgan fingerprint density at radius 3 is 3.21 bits per heavy atom. The Labute approximate surface area is 116 Å². The third-order valence-corrected chi connectivity index (χ3v) is 4.10. The molecule has 102 valence electrons. The minimum absolute atomic E-state index is 0.330. The van der Waals surface area contributed by atoms with Crippen molar-refractivity contribution in [3.05, 3.63) is 28.5 Å². The molecule has 1 saturated heterocycles. The first-order chi connectivity index (χ1) is 9.29. The number of ether oxygens (including phenoxy) is 1. The van der Waals surface area contributed by atoms with Crippen molar-refractivity contribution in [1.82, 2.24) is 14.8 Å². The van der Waals surface area contributed by atoms with Gasteiger partial charge in [-0.15, -0.1) is 11.3 Å². The molecule has 1 N–H and O–H groups in total. The molecule has 0 spiro atoms. The molecule has 0 radical (unpaired) electrons. The number of nitrogens with one attached hydrogen (secondary N) is 1. The third kappa shape index (κ3) is 3.33. The van der Waals surface area contributed by atoms with Gasteiger partial charge in [0.05, 0.1) is 36.1 Å². The lowest BCUT2D eigenvalue weighted by atomic mass is 10.2. The van der Waals surface area contributed by atoms with Crippen LogP contribution in [-0.2, 0) is 17.8 Å². The highest BCUT2D eigenvalue weighted by atomic mass is 32.1. The fourth-order valence-corrected chi connectivity index (χ4v) is 2.96. The molecule has 2 aromatic rings. The highest BCUT2D eigenvalue weighted by molar-refractivity contribution is 7.11. The maximum atomic E-state index is 5.61. The van der Waals surface area contributed by atoms with Crippen LogP contribution in [0.3, 0.4) is 0 Å². The van der Waals surface area contributed by atoms with Crippen LogP contribution in [0.25, 0.3) is 0 Å². The molecule has 0 aliphatic carbocycles. The van der Waals surface area contributed by atoms with Gasteiger partial charge in [-0.25, -0.2) is 4.98 Å². The van der Waals surface area contributed by atoms with E-state index in [-0.39, 0.29) is 0 Å². The lowest BCUT2D eigenvalue weighted by Gasteiger charge is -2.08. The Bertz CT molecular complexity index is 530. The van der Waals surface area contributed by atoms with Crippen LogP contribution in [0.4, 0.5) is 5.69 Å². The number of rotatable bonds is 5. The summed E-state index contributed by atoms with van der Waals surface area (Å²) in [5, 5.41) is 8.83. The standard InChI is InChI=1S/C13H18N4OS/c1-10-14-6-13(19-10)7-15-11-5-16-17(8-11)9-12-3-2-4-18-12/h5-6,8,12,15H,2-4,7,9H2,1H3. The number of thiazole rings is 1. The van der Waals surface area contributed by atoms with E-state index in [0.717, 1.165) is 36.8 Å². The normalized spacial score (nSPS) is 18.9. The molecule has 19 heavy (non-hydrogen) atoms. The topological polar surface area (TPSA) is 52.0 Å². The number of nitrogens with zero attached hydrogens (tertiary/aromatic N) is 3. The molecule has 0 bridgehead atoms. The molecule has 6 heteroatoms. The first-order valence-electron chi connectivity index (χ1n) is 6.59. The van der Waals surface area contributed by atoms with E-state index in [2.05, 4.69) is 15.4 Å². The predicted molar refractivity (Wildman–Crippen MR) is 75.4 cm³/mol. The number of hydrogen-bond donors (Lipinski definition) is 1. The van der Waals surface area contributed by atoms with E-state index in [1.54, 1.807) is 11.3 Å². The predicted octanol–water partition coefficient (Wildman–Crippen LogP) is 2.44. The quantitative estimate of drug-likeness (QED) is 0.912. The molecule has 1 aliphatic rings. The molecule has 0 aromatic carbocycles. The van der Waals surface area contributed by atoms with E-state index < -0.39 is 0 Å². The number of hydrogen-bond acceptors (Lipinski definition) is 5. The van der Waals surface area contributed by atoms with Gasteiger partial charge in [0.25, 0.3) is 0 Å². The summed E-state index contributed by atoms with van der Waals surface area (Å²) in [6.45, 7) is 4.56. The summed E-state index contributed by atoms with van der Waals surface area (Å²) in [6, 6.07) is 0. The van der Waals surface area contributed by atoms with Crippen molar-refractivity contribution in [3.63, 3.8) is 0 Å². The van der Waals surface area contributed by atoms with E-state index in [4.69, 9.17) is 4.74 Å². The van der Waals surface area contributed by atoms with Crippen LogP contribution < -0.4 is 5.32 Å². The fraction of sp³-hybridized carbons (Fsp3) is 0.538. The average molecular weight is 278 g/mol. The van der Waals surface area contributed by atoms with Gasteiger partial charge in [0.2, 0.25) is 0 Å². The van der Waals surface area contributed by atoms with Gasteiger partial charge < -0.3 is 10.1 Å². The van der Waals surface area contributed by atoms with E-state index >= 15 is 0 Å². The maximum Gasteiger partial charge on any atom is 0.0897 e. The van der Waals surface area contributed by atoms with E-state index in [9.17, 15) is 0 Å². The summed E-state index contributed by atoms with van der Waals surface area (Å²) in [6.07, 6.45) is 8.46. The smallest absolute Gasteiger partial charge is 0.0897 e. The Morgan fingerprint density at radius 2 is 2.47 bits per heavy atom. The van der Waals surface area contributed by atoms with E-state index in [0.29, 0.717) is 6.10 Å². The Hall–Kier alpha value is -1.40. The van der Waals surface area contributed by atoms with Gasteiger partial charge in [-0.3, -0.25) is 4.68 Å². The number of aromatic nitrogens is 3. The summed E-state index contributed by atoms with van der Waals surface area (Å²) >= 11 is 1.72. The third-order valence-electron chi connectivity index (χ3n) is 3.18. The molecule has 1 unspecified atom stereocenters. The van der Waals surface area contributed by atoms with Gasteiger partial charge in [-0.05, 0) is 19.8 Å². The second kappa shape index (κ2) is 5.71. The van der Waals surface area contributed by atoms with E-state index in [1.807, 2.05) is 30.2 Å². The summed E-state index contributed by atoms with van der Waals surface area (Å²) in [4.78, 5) is 5.48. The van der Waals surface area contributed by atoms with Gasteiger partial charge in [-0.1, -0.05) is 0 Å². The molecule has 3 heterocycles. The molecular weight excluding hydrogens is 260 g/mol. The lowest BCUT2D eigenvalue weighted by Crippen LogP contribution is -2.15. The summed E-state index contributed by atoms with van der Waals surface area (Å²) in [5.41, 5.74) is 1.05. The average Bonchev–Trinajstić information content (AvgIpc) is 3.10. The van der Waals surface area contributed by atoms with E-state index in [1.165, 1.54) is 11.3 Å². The Morgan fingerprint density at radius 1 is 1.53 bits per heavy atom. The first kappa shape index (κ1) is 12.6. The SMILES string of the molecule is Cc1ncc(CNc2cnn(CC3CCCO3)c2)s1. The van der Waals surface area contributed by atoms with Gasteiger partial charge in [-0.2, -0.15) is 5.10 Å². The Kier molecular flexibility index (Phi) is 3.79. The van der Waals surface area contributed by atoms with Crippen LogP contribution in [0.2, 0.25) is 0 Å². The molecule has 3 rings (SSSR count). The molecule has 0 amide bonds. The summed E-state index contributed by atoms with van der Waals surface area (Å²) in [7, 11) is 0. The monoisotopic (exact) mass is 278 g/mol. The van der Waals surface area contributed by atoms with Gasteiger partial charge in [0.15, 0.2) is 0 Å². The lowest BCUT2D eigenvalue weighted by molar-refractivity contribution is 0.0940. The van der Waals surface area contributed by atoms with Gasteiger partial charge in [0, 0.05) is 23.9 Å². The largest absolute Gasteiger partial charge is 0.378 e. The number of aryl methyl sites for hydroxylation is 1. The second-order valence-corrected chi connectivity index (χ2v) is 6.10. The first-order valence-corrected chi connectivity index (χ1v) is 7.40. The van der Waals surface area contributed by atoms with Crippen molar-refractivity contribution in [2.24, 2.45) is 0 Å². The van der Waals surface area contributed by atoms with Crippen LogP contribution in [0, 0.1) is 6.92 Å². The van der Waals surface area contributed by atoms with Crippen molar-refractivity contribution in [1.29, 1.82) is 0 Å². The van der Waals surface area contributed by atoms with Crippen LogP contribution in [0.5, 0.6) is 0 Å². The van der Waals surface area contributed by atoms with Crippen molar-refractivity contribution < 1.29 is 4.74 Å². The molecule has 1 aliphatic heterocycles. The zero-order valence-electron chi connectivity index (χ0n) is 11.0. The molecule has 1 fully saturated rings. The molecule has 1 atom stereocenters. The minimum Gasteiger partial charge on any atom is -0.378 e. The fourth-order valence-electron chi connectivity index (χ4n) is 2.23. The highest BCUT2D eigenvalue weighted by Gasteiger charge is 2.16. The van der Waals surface area contributed by atoms with Crippen LogP contribution in [0.15, 0.2) is 18.6 Å². The zero-order chi connectivity index (χ0) is 13.1. The van der Waals surface area contributed by atoms with Crippen molar-refractivity contribution in [2.75, 3.05) is 11.9 Å². The molecule has 5 nitrogen and oxygen atoms in total. The molecule has 0 saturated carbocycles. The number of anilines is 1. The maximum absolute atomic E-state index is 5.61. The van der Waals surface area contributed by atoms with Crippen molar-refractivity contribution >= 4 is 17.0 Å². The van der Waals surface area contributed by atoms with Crippen LogP contribution in [-0.4, -0.2) is 27.5 Å². The minimum atomic E-state index is 0.330.